The number of hydrogen-bond donors (Lipinski definition) is 2. The van der Waals surface area contributed by atoms with E-state index in [0.29, 0.717) is 0 Å². The monoisotopic (exact) mass is 656 g/mol. The Morgan fingerprint density at radius 3 is 2.00 bits per heavy atom. The Morgan fingerprint density at radius 2 is 1.18 bits per heavy atom. The summed E-state index contributed by atoms with van der Waals surface area (Å²) >= 11 is 0. The van der Waals surface area contributed by atoms with E-state index in [4.69, 9.17) is 4.42 Å². The molecule has 1 aliphatic heterocycles. The number of para-hydroxylation sites is 3. The Labute approximate surface area is 293 Å². The van der Waals surface area contributed by atoms with Gasteiger partial charge in [-0.15, -0.1) is 0 Å². The van der Waals surface area contributed by atoms with Crippen molar-refractivity contribution in [2.45, 2.75) is 12.3 Å². The zero-order valence-corrected chi connectivity index (χ0v) is 27.6. The lowest BCUT2D eigenvalue weighted by molar-refractivity contribution is 0.351. The second kappa shape index (κ2) is 11.0. The molecule has 5 heteroatoms. The normalized spacial score (nSPS) is 16.4. The van der Waals surface area contributed by atoms with E-state index in [9.17, 15) is 0 Å². The molecule has 0 saturated heterocycles. The van der Waals surface area contributed by atoms with Crippen LogP contribution in [0.3, 0.4) is 0 Å². The van der Waals surface area contributed by atoms with Crippen LogP contribution >= 0.6 is 0 Å². The van der Waals surface area contributed by atoms with Gasteiger partial charge in [0.25, 0.3) is 0 Å². The molecule has 0 radical (unpaired) electrons. The summed E-state index contributed by atoms with van der Waals surface area (Å²) in [6.45, 7) is 0. The van der Waals surface area contributed by atoms with Crippen molar-refractivity contribution in [3.05, 3.63) is 181 Å². The first-order valence-corrected chi connectivity index (χ1v) is 17.5. The maximum absolute atomic E-state index is 6.51. The Hall–Kier alpha value is -6.56. The maximum atomic E-state index is 6.51. The first kappa shape index (κ1) is 28.3. The molecule has 4 heterocycles. The molecule has 7 aromatic carbocycles. The Balaban J connectivity index is 1.26. The minimum absolute atomic E-state index is 0.0239. The summed E-state index contributed by atoms with van der Waals surface area (Å²) in [4.78, 5) is 0. The highest BCUT2D eigenvalue weighted by atomic mass is 16.3. The summed E-state index contributed by atoms with van der Waals surface area (Å²) in [5.41, 5.74) is 11.0. The molecule has 1 aliphatic rings. The van der Waals surface area contributed by atoms with Gasteiger partial charge >= 0.3 is 0 Å². The van der Waals surface area contributed by atoms with E-state index in [1.165, 1.54) is 38.1 Å². The van der Waals surface area contributed by atoms with Crippen LogP contribution in [0, 0.1) is 0 Å². The lowest BCUT2D eigenvalue weighted by atomic mass is 10.0. The Kier molecular flexibility index (Phi) is 6.09. The molecular weight excluding hydrogens is 625 g/mol. The predicted octanol–water partition coefficient (Wildman–Crippen LogP) is 11.2. The lowest BCUT2D eigenvalue weighted by Gasteiger charge is -2.34. The smallest absolute Gasteiger partial charge is 0.160 e. The van der Waals surface area contributed by atoms with E-state index < -0.39 is 0 Å². The molecule has 11 rings (SSSR count). The van der Waals surface area contributed by atoms with Gasteiger partial charge in [-0.3, -0.25) is 5.32 Å². The highest BCUT2D eigenvalue weighted by Gasteiger charge is 2.29. The number of nitrogens with zero attached hydrogens (tertiary/aromatic N) is 2. The van der Waals surface area contributed by atoms with Gasteiger partial charge in [-0.2, -0.15) is 0 Å². The quantitative estimate of drug-likeness (QED) is 0.198. The van der Waals surface area contributed by atoms with E-state index in [2.05, 4.69) is 184 Å². The van der Waals surface area contributed by atoms with Gasteiger partial charge in [-0.25, -0.2) is 0 Å². The molecular formula is C46H32N4O. The largest absolute Gasteiger partial charge is 0.456 e. The van der Waals surface area contributed by atoms with E-state index in [1.54, 1.807) is 0 Å². The van der Waals surface area contributed by atoms with Crippen LogP contribution in [-0.2, 0) is 0 Å². The number of rotatable bonds is 4. The number of benzene rings is 7. The Morgan fingerprint density at radius 1 is 0.510 bits per heavy atom. The van der Waals surface area contributed by atoms with Crippen molar-refractivity contribution in [1.29, 1.82) is 0 Å². The van der Waals surface area contributed by atoms with Crippen LogP contribution in [0.4, 0.5) is 0 Å². The Bertz CT molecular complexity index is 2970. The van der Waals surface area contributed by atoms with Crippen LogP contribution in [0.25, 0.3) is 76.9 Å². The van der Waals surface area contributed by atoms with Gasteiger partial charge in [-0.05, 0) is 65.7 Å². The van der Waals surface area contributed by atoms with Gasteiger partial charge in [0.05, 0.1) is 33.5 Å². The average Bonchev–Trinajstić information content (AvgIpc) is 3.85. The summed E-state index contributed by atoms with van der Waals surface area (Å²) in [5.74, 6) is 0. The summed E-state index contributed by atoms with van der Waals surface area (Å²) in [5, 5.41) is 15.0. The second-order valence-corrected chi connectivity index (χ2v) is 13.4. The predicted molar refractivity (Wildman–Crippen MR) is 210 cm³/mol. The summed E-state index contributed by atoms with van der Waals surface area (Å²) in [6, 6.07) is 58.4. The second-order valence-electron chi connectivity index (χ2n) is 13.4. The zero-order chi connectivity index (χ0) is 33.5. The molecule has 2 unspecified atom stereocenters. The topological polar surface area (TPSA) is 47.1 Å². The highest BCUT2D eigenvalue weighted by Crippen LogP contribution is 2.44. The standard InChI is InChI=1S/C46H32N4O/c1-4-14-29(15-5-1)37-28-38(30-16-6-2-7-17-30)48-46(47-37)50-41-26-35-32-20-10-12-22-39(32)49(31-18-8-3-9-19-31)40(35)27-36(41)33-24-25-43-44(45(33)50)34-21-11-13-23-42(34)51-43/h1-28,37,46-48H. The number of fused-ring (bicyclic) bond motifs is 10. The maximum Gasteiger partial charge on any atom is 0.160 e. The van der Waals surface area contributed by atoms with Crippen molar-refractivity contribution in [2.75, 3.05) is 0 Å². The van der Waals surface area contributed by atoms with Crippen LogP contribution in [0.2, 0.25) is 0 Å². The average molecular weight is 657 g/mol. The molecule has 2 N–H and O–H groups in total. The number of aromatic nitrogens is 2. The third-order valence-electron chi connectivity index (χ3n) is 10.6. The third kappa shape index (κ3) is 4.25. The molecule has 0 bridgehead atoms. The van der Waals surface area contributed by atoms with Crippen molar-refractivity contribution in [1.82, 2.24) is 19.8 Å². The number of furan rings is 1. The van der Waals surface area contributed by atoms with Crippen molar-refractivity contribution < 1.29 is 4.42 Å². The summed E-state index contributed by atoms with van der Waals surface area (Å²) in [6.07, 6.45) is 2.03. The molecule has 51 heavy (non-hydrogen) atoms. The van der Waals surface area contributed by atoms with Crippen LogP contribution in [0.5, 0.6) is 0 Å². The van der Waals surface area contributed by atoms with Gasteiger partial charge < -0.3 is 18.9 Å². The van der Waals surface area contributed by atoms with Crippen molar-refractivity contribution in [3.63, 3.8) is 0 Å². The molecule has 0 amide bonds. The van der Waals surface area contributed by atoms with Crippen LogP contribution in [0.15, 0.2) is 174 Å². The number of nitrogens with one attached hydrogen (secondary N) is 2. The first-order valence-electron chi connectivity index (χ1n) is 17.5. The fourth-order valence-electron chi connectivity index (χ4n) is 8.34. The van der Waals surface area contributed by atoms with Gasteiger partial charge in [0.1, 0.15) is 11.2 Å². The molecule has 0 spiro atoms. The summed E-state index contributed by atoms with van der Waals surface area (Å²) in [7, 11) is 0. The summed E-state index contributed by atoms with van der Waals surface area (Å²) < 4.78 is 11.4. The van der Waals surface area contributed by atoms with Gasteiger partial charge in [0, 0.05) is 38.3 Å². The molecule has 0 aliphatic carbocycles. The van der Waals surface area contributed by atoms with Crippen LogP contribution < -0.4 is 10.6 Å². The number of hydrogen-bond acceptors (Lipinski definition) is 3. The van der Waals surface area contributed by atoms with Gasteiger partial charge in [0.15, 0.2) is 6.29 Å². The first-order chi connectivity index (χ1) is 25.3. The minimum atomic E-state index is -0.283. The van der Waals surface area contributed by atoms with Crippen LogP contribution in [-0.4, -0.2) is 9.13 Å². The molecule has 0 fully saturated rings. The van der Waals surface area contributed by atoms with E-state index in [1.807, 2.05) is 6.07 Å². The van der Waals surface area contributed by atoms with Crippen molar-refractivity contribution in [3.8, 4) is 5.69 Å². The van der Waals surface area contributed by atoms with Crippen molar-refractivity contribution >= 4 is 71.2 Å². The molecule has 0 saturated carbocycles. The van der Waals surface area contributed by atoms with E-state index in [0.717, 1.165) is 49.9 Å². The molecule has 5 nitrogen and oxygen atoms in total. The molecule has 3 aromatic heterocycles. The fraction of sp³-hybridized carbons (Fsp3) is 0.0435. The van der Waals surface area contributed by atoms with E-state index >= 15 is 0 Å². The zero-order valence-electron chi connectivity index (χ0n) is 27.6. The molecule has 2 atom stereocenters. The van der Waals surface area contributed by atoms with Crippen molar-refractivity contribution in [2.24, 2.45) is 0 Å². The molecule has 10 aromatic rings. The fourth-order valence-corrected chi connectivity index (χ4v) is 8.34. The molecule has 242 valence electrons. The van der Waals surface area contributed by atoms with E-state index in [-0.39, 0.29) is 12.3 Å². The van der Waals surface area contributed by atoms with Crippen LogP contribution in [0.1, 0.15) is 23.5 Å². The van der Waals surface area contributed by atoms with Gasteiger partial charge in [0.2, 0.25) is 0 Å². The minimum Gasteiger partial charge on any atom is -0.456 e. The lowest BCUT2D eigenvalue weighted by Crippen LogP contribution is -2.43. The SMILES string of the molecule is C1=C(c2ccccc2)NC(n2c3cc4c5ccccc5n(-c5ccccc5)c4cc3c3ccc4oc5ccccc5c4c32)NC1c1ccccc1. The third-order valence-corrected chi connectivity index (χ3v) is 10.6. The van der Waals surface area contributed by atoms with Gasteiger partial charge in [-0.1, -0.05) is 115 Å². The highest BCUT2D eigenvalue weighted by molar-refractivity contribution is 6.26.